The third kappa shape index (κ3) is 8.86. The second kappa shape index (κ2) is 9.32. The quantitative estimate of drug-likeness (QED) is 0.356. The monoisotopic (exact) mass is 498 g/mol. The van der Waals surface area contributed by atoms with Crippen LogP contribution in [0, 0.1) is 0 Å². The second-order valence-electron chi connectivity index (χ2n) is 0.105. The first-order chi connectivity index (χ1) is 1.41. The molecule has 0 spiro atoms. The molecule has 0 rings (SSSR count). The van der Waals surface area contributed by atoms with Crippen LogP contribution in [0.1, 0.15) is 0 Å². The Hall–Kier alpha value is 2.90. The van der Waals surface area contributed by atoms with E-state index in [4.69, 9.17) is 0 Å². The van der Waals surface area contributed by atoms with Crippen LogP contribution >= 0.6 is 0 Å². The second-order valence-corrected chi connectivity index (χ2v) is 7.57. The predicted molar refractivity (Wildman–Crippen MR) is 17.8 cm³/mol. The molecular weight excluding hydrogens is 494 g/mol. The van der Waals surface area contributed by atoms with Crippen LogP contribution in [0.25, 0.3) is 0 Å². The molecule has 4 heavy (non-hydrogen) atoms. The standard InChI is InChI=1S/Bi.O.Sr.Ta.4H. The van der Waals surface area contributed by atoms with Crippen molar-refractivity contribution in [2.75, 3.05) is 0 Å². The van der Waals surface area contributed by atoms with Crippen molar-refractivity contribution < 1.29 is 18.6 Å². The summed E-state index contributed by atoms with van der Waals surface area (Å²) >= 11 is -0.0741. The molecule has 22 valence electrons. The van der Waals surface area contributed by atoms with Gasteiger partial charge in [0, 0.05) is 0 Å². The summed E-state index contributed by atoms with van der Waals surface area (Å²) in [6.45, 7) is 0. The zero-order valence-electron chi connectivity index (χ0n) is 1.43. The fourth-order valence-corrected chi connectivity index (χ4v) is 0. The van der Waals surface area contributed by atoms with Gasteiger partial charge in [0.25, 0.3) is 0 Å². The maximum absolute atomic E-state index is 9.19. The molecule has 0 aromatic carbocycles. The van der Waals surface area contributed by atoms with Crippen molar-refractivity contribution in [3.05, 3.63) is 0 Å². The Morgan fingerprint density at radius 1 is 1.75 bits per heavy atom. The van der Waals surface area contributed by atoms with Crippen LogP contribution in [0.2, 0.25) is 0 Å². The van der Waals surface area contributed by atoms with E-state index >= 15 is 0 Å². The third-order valence-corrected chi connectivity index (χ3v) is 0. The molecule has 1 nitrogen and oxygen atoms in total. The molecule has 0 aromatic heterocycles. The van der Waals surface area contributed by atoms with Crippen LogP contribution in [-0.2, 0) is 18.6 Å². The van der Waals surface area contributed by atoms with Crippen LogP contribution in [0.4, 0.5) is 0 Å². The van der Waals surface area contributed by atoms with Crippen LogP contribution in [0.15, 0.2) is 0 Å². The van der Waals surface area contributed by atoms with Crippen molar-refractivity contribution in [2.24, 2.45) is 0 Å². The molecule has 0 N–H and O–H groups in total. The number of hydrogen-bond acceptors (Lipinski definition) is 1. The zero-order chi connectivity index (χ0) is 2.71. The molecule has 0 saturated heterocycles. The van der Waals surface area contributed by atoms with Gasteiger partial charge in [0.05, 0.1) is 0 Å². The van der Waals surface area contributed by atoms with Gasteiger partial charge in [-0.3, -0.25) is 0 Å². The van der Waals surface area contributed by atoms with E-state index in [-0.39, 0.29) is 45.5 Å². The van der Waals surface area contributed by atoms with E-state index < -0.39 is 15.4 Å². The topological polar surface area (TPSA) is 17.1 Å². The first-order valence-electron chi connectivity index (χ1n) is 0.441. The van der Waals surface area contributed by atoms with Crippen molar-refractivity contribution in [2.45, 2.75) is 0 Å². The number of hydrogen-bond donors (Lipinski definition) is 0. The summed E-state index contributed by atoms with van der Waals surface area (Å²) < 4.78 is 9.19. The minimum absolute atomic E-state index is 0. The van der Waals surface area contributed by atoms with Gasteiger partial charge >= 0.3 is 85.1 Å². The van der Waals surface area contributed by atoms with Crippen molar-refractivity contribution in [3.8, 4) is 0 Å². The van der Waals surface area contributed by atoms with Gasteiger partial charge in [-0.05, 0) is 0 Å². The first-order valence-corrected chi connectivity index (χ1v) is 20.0. The van der Waals surface area contributed by atoms with Gasteiger partial charge in [-0.2, -0.15) is 0 Å². The average Bonchev–Trinajstić information content (AvgIpc) is 0.918. The van der Waals surface area contributed by atoms with Gasteiger partial charge in [0.1, 0.15) is 0 Å². The number of rotatable bonds is 0. The molecule has 0 heterocycles. The minimum atomic E-state index is -0.917. The van der Waals surface area contributed by atoms with Crippen LogP contribution in [0.5, 0.6) is 0 Å². The van der Waals surface area contributed by atoms with Crippen molar-refractivity contribution in [3.63, 3.8) is 0 Å². The molecule has 0 atom stereocenters. The van der Waals surface area contributed by atoms with E-state index in [1.165, 1.54) is 0 Å². The van der Waals surface area contributed by atoms with E-state index in [9.17, 15) is 3.25 Å². The van der Waals surface area contributed by atoms with Gasteiger partial charge in [-0.1, -0.05) is 0 Å². The van der Waals surface area contributed by atoms with E-state index in [0.29, 0.717) is 0 Å². The average molecular weight is 498 g/mol. The molecule has 0 aliphatic carbocycles. The van der Waals surface area contributed by atoms with Gasteiger partial charge in [0.15, 0.2) is 0 Å². The summed E-state index contributed by atoms with van der Waals surface area (Å²) in [7, 11) is 0. The zero-order valence-corrected chi connectivity index (χ0v) is 9.14. The van der Waals surface area contributed by atoms with Crippen molar-refractivity contribution >= 4 is 66.4 Å². The predicted octanol–water partition coefficient (Wildman–Crippen LogP) is -1.95. The summed E-state index contributed by atoms with van der Waals surface area (Å²) in [5.41, 5.74) is 0. The van der Waals surface area contributed by atoms with E-state index in [2.05, 4.69) is 0 Å². The van der Waals surface area contributed by atoms with Gasteiger partial charge in [-0.25, -0.2) is 0 Å². The Morgan fingerprint density at radius 2 is 1.75 bits per heavy atom. The van der Waals surface area contributed by atoms with Crippen molar-refractivity contribution in [1.82, 2.24) is 0 Å². The Morgan fingerprint density at radius 3 is 1.75 bits per heavy atom. The molecular formula is H4BiOSrTa. The van der Waals surface area contributed by atoms with Gasteiger partial charge in [-0.15, -0.1) is 0 Å². The summed E-state index contributed by atoms with van der Waals surface area (Å²) in [6.07, 6.45) is 0. The molecule has 0 aromatic rings. The normalized spacial score (nSPS) is 3.25. The summed E-state index contributed by atoms with van der Waals surface area (Å²) in [5, 5.41) is 0. The van der Waals surface area contributed by atoms with Gasteiger partial charge < -0.3 is 0 Å². The Balaban J connectivity index is 0. The SMILES string of the molecule is [O]=[Ta][BiH2].[SrH2]. The Kier molecular flexibility index (Phi) is 23.3. The maximum atomic E-state index is 9.19. The first kappa shape index (κ1) is 10.0. The third-order valence-electron chi connectivity index (χ3n) is 0. The summed E-state index contributed by atoms with van der Waals surface area (Å²) in [4.78, 5) is 0. The fourth-order valence-electron chi connectivity index (χ4n) is 0. The van der Waals surface area contributed by atoms with Crippen molar-refractivity contribution in [1.29, 1.82) is 0 Å². The summed E-state index contributed by atoms with van der Waals surface area (Å²) in [6, 6.07) is 0. The molecule has 0 amide bonds. The van der Waals surface area contributed by atoms with Crippen LogP contribution in [0.3, 0.4) is 0 Å². The molecule has 0 unspecified atom stereocenters. The van der Waals surface area contributed by atoms with E-state index in [1.807, 2.05) is 0 Å². The van der Waals surface area contributed by atoms with Gasteiger partial charge in [0.2, 0.25) is 0 Å². The summed E-state index contributed by atoms with van der Waals surface area (Å²) in [5.74, 6) is 0. The molecule has 0 aliphatic heterocycles. The van der Waals surface area contributed by atoms with E-state index in [0.717, 1.165) is 21.0 Å². The van der Waals surface area contributed by atoms with Crippen LogP contribution in [-0.4, -0.2) is 66.4 Å². The molecule has 0 aliphatic rings. The molecule has 0 fully saturated rings. The van der Waals surface area contributed by atoms with E-state index in [1.54, 1.807) is 0 Å². The fraction of sp³-hybridized carbons (Fsp3) is 0. The molecule has 4 heteroatoms. The molecule has 0 bridgehead atoms. The Labute approximate surface area is 82.6 Å². The van der Waals surface area contributed by atoms with Crippen LogP contribution < -0.4 is 0 Å². The molecule has 0 radical (unpaired) electrons. The Bertz CT molecular complexity index is 15.5. The molecule has 0 saturated carbocycles.